The van der Waals surface area contributed by atoms with Gasteiger partial charge in [0, 0.05) is 17.6 Å². The molecule has 1 aliphatic carbocycles. The zero-order chi connectivity index (χ0) is 18.4. The summed E-state index contributed by atoms with van der Waals surface area (Å²) in [6, 6.07) is 17.8. The molecule has 1 saturated carbocycles. The van der Waals surface area contributed by atoms with Crippen LogP contribution in [-0.2, 0) is 11.3 Å². The van der Waals surface area contributed by atoms with Crippen LogP contribution in [0.1, 0.15) is 49.3 Å². The van der Waals surface area contributed by atoms with Crippen LogP contribution in [0, 0.1) is 0 Å². The van der Waals surface area contributed by atoms with Crippen molar-refractivity contribution in [3.63, 3.8) is 0 Å². The highest BCUT2D eigenvalue weighted by Gasteiger charge is 2.27. The van der Waals surface area contributed by atoms with Crippen LogP contribution in [0.4, 0.5) is 0 Å². The molecule has 0 heterocycles. The summed E-state index contributed by atoms with van der Waals surface area (Å²) in [6.45, 7) is 0.715. The second kappa shape index (κ2) is 9.20. The fourth-order valence-corrected chi connectivity index (χ4v) is 3.87. The number of nitrogens with zero attached hydrogens (tertiary/aromatic N) is 1. The third kappa shape index (κ3) is 5.09. The van der Waals surface area contributed by atoms with E-state index in [1.807, 2.05) is 49.5 Å². The van der Waals surface area contributed by atoms with Gasteiger partial charge in [-0.05, 0) is 43.1 Å². The molecule has 0 bridgehead atoms. The number of hydrogen-bond acceptors (Lipinski definition) is 2. The van der Waals surface area contributed by atoms with Gasteiger partial charge < -0.3 is 5.32 Å². The lowest BCUT2D eigenvalue weighted by Gasteiger charge is -2.31. The molecule has 3 nitrogen and oxygen atoms in total. The number of hydrogen-bond donors (Lipinski definition) is 1. The number of likely N-dealkylation sites (N-methyl/N-ethyl adjacent to an activating group) is 1. The predicted molar refractivity (Wildman–Crippen MR) is 107 cm³/mol. The van der Waals surface area contributed by atoms with Gasteiger partial charge in [0.15, 0.2) is 0 Å². The second-order valence-corrected chi connectivity index (χ2v) is 7.63. The molecule has 0 aromatic heterocycles. The quantitative estimate of drug-likeness (QED) is 0.779. The van der Waals surface area contributed by atoms with Gasteiger partial charge in [0.05, 0.1) is 0 Å². The average Bonchev–Trinajstić information content (AvgIpc) is 2.65. The summed E-state index contributed by atoms with van der Waals surface area (Å²) < 4.78 is 0. The predicted octanol–water partition coefficient (Wildman–Crippen LogP) is 4.96. The highest BCUT2D eigenvalue weighted by atomic mass is 35.5. The van der Waals surface area contributed by atoms with Crippen LogP contribution in [0.3, 0.4) is 0 Å². The standard InChI is InChI=1S/C22H27ClN2O/c1-25(16-17-8-4-2-5-9-17)21(18-12-14-19(23)15-13-18)22(26)24-20-10-6-3-7-11-20/h2,4-5,8-9,12-15,20-21H,3,6-7,10-11,16H2,1H3,(H,24,26)/t21-/m1/s1. The van der Waals surface area contributed by atoms with E-state index >= 15 is 0 Å². The van der Waals surface area contributed by atoms with Crippen molar-refractivity contribution in [2.24, 2.45) is 0 Å². The van der Waals surface area contributed by atoms with Crippen molar-refractivity contribution in [1.29, 1.82) is 0 Å². The van der Waals surface area contributed by atoms with E-state index in [1.165, 1.54) is 24.8 Å². The molecule has 1 fully saturated rings. The third-order valence-corrected chi connectivity index (χ3v) is 5.35. The van der Waals surface area contributed by atoms with Crippen molar-refractivity contribution in [1.82, 2.24) is 10.2 Å². The fourth-order valence-electron chi connectivity index (χ4n) is 3.74. The molecule has 2 aromatic carbocycles. The molecule has 1 amide bonds. The van der Waals surface area contributed by atoms with Crippen molar-refractivity contribution in [2.75, 3.05) is 7.05 Å². The van der Waals surface area contributed by atoms with E-state index in [4.69, 9.17) is 11.6 Å². The van der Waals surface area contributed by atoms with Crippen LogP contribution in [-0.4, -0.2) is 23.9 Å². The number of amides is 1. The molecule has 4 heteroatoms. The van der Waals surface area contributed by atoms with Crippen LogP contribution in [0.5, 0.6) is 0 Å². The van der Waals surface area contributed by atoms with Crippen LogP contribution >= 0.6 is 11.6 Å². The molecule has 1 aliphatic rings. The molecule has 0 saturated heterocycles. The Morgan fingerprint density at radius 1 is 1.08 bits per heavy atom. The Bertz CT molecular complexity index is 696. The highest BCUT2D eigenvalue weighted by Crippen LogP contribution is 2.25. The van der Waals surface area contributed by atoms with Crippen molar-refractivity contribution in [2.45, 2.75) is 50.7 Å². The maximum absolute atomic E-state index is 13.1. The number of rotatable bonds is 6. The van der Waals surface area contributed by atoms with Gasteiger partial charge in [-0.1, -0.05) is 73.3 Å². The minimum absolute atomic E-state index is 0.0812. The number of benzene rings is 2. The fraction of sp³-hybridized carbons (Fsp3) is 0.409. The molecule has 3 rings (SSSR count). The Balaban J connectivity index is 1.78. The molecule has 2 aromatic rings. The van der Waals surface area contributed by atoms with Gasteiger partial charge >= 0.3 is 0 Å². The van der Waals surface area contributed by atoms with Crippen LogP contribution in [0.15, 0.2) is 54.6 Å². The first kappa shape index (κ1) is 18.9. The summed E-state index contributed by atoms with van der Waals surface area (Å²) in [5.74, 6) is 0.0812. The smallest absolute Gasteiger partial charge is 0.242 e. The summed E-state index contributed by atoms with van der Waals surface area (Å²) in [5.41, 5.74) is 2.17. The normalized spacial score (nSPS) is 16.4. The van der Waals surface area contributed by atoms with Gasteiger partial charge in [-0.3, -0.25) is 9.69 Å². The Kier molecular flexibility index (Phi) is 6.70. The molecule has 26 heavy (non-hydrogen) atoms. The summed E-state index contributed by atoms with van der Waals surface area (Å²) in [7, 11) is 2.01. The van der Waals surface area contributed by atoms with Crippen molar-refractivity contribution < 1.29 is 4.79 Å². The molecule has 0 unspecified atom stereocenters. The van der Waals surface area contributed by atoms with E-state index < -0.39 is 0 Å². The number of halogens is 1. The van der Waals surface area contributed by atoms with Gasteiger partial charge in [0.1, 0.15) is 6.04 Å². The van der Waals surface area contributed by atoms with Crippen LogP contribution in [0.25, 0.3) is 0 Å². The van der Waals surface area contributed by atoms with E-state index in [2.05, 4.69) is 22.3 Å². The van der Waals surface area contributed by atoms with E-state index in [1.54, 1.807) is 0 Å². The van der Waals surface area contributed by atoms with E-state index in [9.17, 15) is 4.79 Å². The van der Waals surface area contributed by atoms with Crippen molar-refractivity contribution >= 4 is 17.5 Å². The summed E-state index contributed by atoms with van der Waals surface area (Å²) in [6.07, 6.45) is 5.86. The molecular formula is C22H27ClN2O. The minimum Gasteiger partial charge on any atom is -0.352 e. The number of carbonyl (C=O) groups is 1. The number of carbonyl (C=O) groups excluding carboxylic acids is 1. The molecular weight excluding hydrogens is 344 g/mol. The Morgan fingerprint density at radius 3 is 2.38 bits per heavy atom. The van der Waals surface area contributed by atoms with E-state index in [0.29, 0.717) is 17.6 Å². The van der Waals surface area contributed by atoms with Gasteiger partial charge in [-0.25, -0.2) is 0 Å². The lowest BCUT2D eigenvalue weighted by Crippen LogP contribution is -2.43. The van der Waals surface area contributed by atoms with Gasteiger partial charge in [0.2, 0.25) is 5.91 Å². The zero-order valence-corrected chi connectivity index (χ0v) is 16.1. The first-order chi connectivity index (χ1) is 12.6. The third-order valence-electron chi connectivity index (χ3n) is 5.10. The van der Waals surface area contributed by atoms with Crippen LogP contribution < -0.4 is 5.32 Å². The first-order valence-electron chi connectivity index (χ1n) is 9.43. The average molecular weight is 371 g/mol. The van der Waals surface area contributed by atoms with Gasteiger partial charge in [-0.15, -0.1) is 0 Å². The lowest BCUT2D eigenvalue weighted by molar-refractivity contribution is -0.127. The van der Waals surface area contributed by atoms with Gasteiger partial charge in [-0.2, -0.15) is 0 Å². The molecule has 1 atom stereocenters. The Labute approximate surface area is 161 Å². The van der Waals surface area contributed by atoms with Crippen molar-refractivity contribution in [3.8, 4) is 0 Å². The largest absolute Gasteiger partial charge is 0.352 e. The Hall–Kier alpha value is -1.84. The van der Waals surface area contributed by atoms with E-state index in [-0.39, 0.29) is 11.9 Å². The molecule has 0 spiro atoms. The Morgan fingerprint density at radius 2 is 1.73 bits per heavy atom. The van der Waals surface area contributed by atoms with Crippen LogP contribution in [0.2, 0.25) is 5.02 Å². The SMILES string of the molecule is CN(Cc1ccccc1)[C@@H](C(=O)NC1CCCCC1)c1ccc(Cl)cc1. The maximum Gasteiger partial charge on any atom is 0.242 e. The summed E-state index contributed by atoms with van der Waals surface area (Å²) >= 11 is 6.05. The van der Waals surface area contributed by atoms with Crippen molar-refractivity contribution in [3.05, 3.63) is 70.7 Å². The first-order valence-corrected chi connectivity index (χ1v) is 9.81. The summed E-state index contributed by atoms with van der Waals surface area (Å²) in [5, 5.41) is 3.97. The van der Waals surface area contributed by atoms with Gasteiger partial charge in [0.25, 0.3) is 0 Å². The molecule has 0 aliphatic heterocycles. The molecule has 1 N–H and O–H groups in total. The monoisotopic (exact) mass is 370 g/mol. The minimum atomic E-state index is -0.325. The second-order valence-electron chi connectivity index (χ2n) is 7.20. The highest BCUT2D eigenvalue weighted by molar-refractivity contribution is 6.30. The topological polar surface area (TPSA) is 32.3 Å². The zero-order valence-electron chi connectivity index (χ0n) is 15.3. The molecule has 138 valence electrons. The molecule has 0 radical (unpaired) electrons. The summed E-state index contributed by atoms with van der Waals surface area (Å²) in [4.78, 5) is 15.3. The van der Waals surface area contributed by atoms with E-state index in [0.717, 1.165) is 18.4 Å². The number of nitrogens with one attached hydrogen (secondary N) is 1. The maximum atomic E-state index is 13.1. The lowest BCUT2D eigenvalue weighted by atomic mass is 9.94.